The molecule has 14 heavy (non-hydrogen) atoms. The predicted molar refractivity (Wildman–Crippen MR) is 39.3 cm³/mol. The first kappa shape index (κ1) is 10.5. The summed E-state index contributed by atoms with van der Waals surface area (Å²) in [5, 5.41) is 0. The van der Waals surface area contributed by atoms with Gasteiger partial charge in [-0.1, -0.05) is 5.92 Å². The van der Waals surface area contributed by atoms with Crippen LogP contribution in [0.5, 0.6) is 0 Å². The second-order valence-electron chi connectivity index (χ2n) is 2.46. The molecule has 5 heteroatoms. The van der Waals surface area contributed by atoms with Crippen molar-refractivity contribution < 1.29 is 22.0 Å². The van der Waals surface area contributed by atoms with Gasteiger partial charge in [-0.15, -0.1) is 6.42 Å². The van der Waals surface area contributed by atoms with Gasteiger partial charge in [0.15, 0.2) is 0 Å². The Morgan fingerprint density at radius 1 is 1.07 bits per heavy atom. The van der Waals surface area contributed by atoms with E-state index in [4.69, 9.17) is 6.42 Å². The summed E-state index contributed by atoms with van der Waals surface area (Å²) in [5.41, 5.74) is -2.19. The summed E-state index contributed by atoms with van der Waals surface area (Å²) in [4.78, 5) is 0. The highest BCUT2D eigenvalue weighted by molar-refractivity contribution is 5.37. The summed E-state index contributed by atoms with van der Waals surface area (Å²) in [6.45, 7) is 0. The molecule has 0 spiro atoms. The molecule has 0 heterocycles. The van der Waals surface area contributed by atoms with E-state index in [0.29, 0.717) is 12.1 Å². The van der Waals surface area contributed by atoms with Crippen LogP contribution < -0.4 is 0 Å². The molecule has 0 aliphatic carbocycles. The molecule has 74 valence electrons. The van der Waals surface area contributed by atoms with Crippen LogP contribution in [0.15, 0.2) is 12.1 Å². The van der Waals surface area contributed by atoms with Gasteiger partial charge in [0, 0.05) is 5.56 Å². The van der Waals surface area contributed by atoms with E-state index in [1.807, 2.05) is 5.92 Å². The third-order valence-corrected chi connectivity index (χ3v) is 1.49. The van der Waals surface area contributed by atoms with Gasteiger partial charge in [-0.05, 0) is 12.1 Å². The SMILES string of the molecule is C#Cc1cc(F)c(C(F)(F)F)c(F)c1. The molecule has 0 saturated heterocycles. The van der Waals surface area contributed by atoms with Gasteiger partial charge < -0.3 is 0 Å². The van der Waals surface area contributed by atoms with Crippen LogP contribution in [-0.4, -0.2) is 0 Å². The summed E-state index contributed by atoms with van der Waals surface area (Å²) >= 11 is 0. The van der Waals surface area contributed by atoms with Gasteiger partial charge in [0.25, 0.3) is 0 Å². The van der Waals surface area contributed by atoms with Gasteiger partial charge in [-0.25, -0.2) is 8.78 Å². The minimum absolute atomic E-state index is 0.270. The van der Waals surface area contributed by atoms with Crippen molar-refractivity contribution in [2.75, 3.05) is 0 Å². The summed E-state index contributed by atoms with van der Waals surface area (Å²) < 4.78 is 61.5. The molecule has 0 amide bonds. The zero-order valence-corrected chi connectivity index (χ0v) is 6.62. The number of benzene rings is 1. The Balaban J connectivity index is 3.42. The first-order chi connectivity index (χ1) is 6.36. The van der Waals surface area contributed by atoms with Gasteiger partial charge >= 0.3 is 6.18 Å². The standard InChI is InChI=1S/C9H3F5/c1-2-5-3-6(10)8(7(11)4-5)9(12,13)14/h1,3-4H. The molecule has 0 atom stereocenters. The second kappa shape index (κ2) is 3.29. The van der Waals surface area contributed by atoms with Crippen LogP contribution in [0.4, 0.5) is 22.0 Å². The quantitative estimate of drug-likeness (QED) is 0.452. The van der Waals surface area contributed by atoms with Crippen molar-refractivity contribution >= 4 is 0 Å². The lowest BCUT2D eigenvalue weighted by molar-refractivity contribution is -0.142. The maximum absolute atomic E-state index is 12.7. The molecule has 1 aromatic carbocycles. The van der Waals surface area contributed by atoms with Crippen LogP contribution in [0, 0.1) is 24.0 Å². The Kier molecular flexibility index (Phi) is 2.47. The van der Waals surface area contributed by atoms with Crippen LogP contribution in [0.1, 0.15) is 11.1 Å². The fourth-order valence-corrected chi connectivity index (χ4v) is 0.927. The van der Waals surface area contributed by atoms with Crippen molar-refractivity contribution in [3.8, 4) is 12.3 Å². The molecule has 0 unspecified atom stereocenters. The lowest BCUT2D eigenvalue weighted by Crippen LogP contribution is -2.11. The van der Waals surface area contributed by atoms with E-state index in [1.54, 1.807) is 0 Å². The highest BCUT2D eigenvalue weighted by atomic mass is 19.4. The van der Waals surface area contributed by atoms with Crippen LogP contribution in [0.2, 0.25) is 0 Å². The van der Waals surface area contributed by atoms with Crippen LogP contribution in [0.25, 0.3) is 0 Å². The van der Waals surface area contributed by atoms with Crippen molar-refractivity contribution in [1.82, 2.24) is 0 Å². The number of hydrogen-bond donors (Lipinski definition) is 0. The van der Waals surface area contributed by atoms with Crippen LogP contribution in [0.3, 0.4) is 0 Å². The topological polar surface area (TPSA) is 0 Å². The smallest absolute Gasteiger partial charge is 0.206 e. The molecule has 0 fully saturated rings. The molecule has 0 nitrogen and oxygen atoms in total. The number of rotatable bonds is 0. The Morgan fingerprint density at radius 3 is 1.79 bits per heavy atom. The maximum atomic E-state index is 12.7. The minimum Gasteiger partial charge on any atom is -0.206 e. The number of halogens is 5. The van der Waals surface area contributed by atoms with Gasteiger partial charge in [0.2, 0.25) is 0 Å². The zero-order valence-electron chi connectivity index (χ0n) is 6.62. The van der Waals surface area contributed by atoms with E-state index in [-0.39, 0.29) is 5.56 Å². The van der Waals surface area contributed by atoms with Crippen LogP contribution in [-0.2, 0) is 6.18 Å². The molecular formula is C9H3F5. The summed E-state index contributed by atoms with van der Waals surface area (Å²) in [6, 6.07) is 0.928. The van der Waals surface area contributed by atoms with Gasteiger partial charge in [0.05, 0.1) is 0 Å². The largest absolute Gasteiger partial charge is 0.422 e. The number of terminal acetylenes is 1. The third-order valence-electron chi connectivity index (χ3n) is 1.49. The third kappa shape index (κ3) is 1.84. The van der Waals surface area contributed by atoms with E-state index in [1.165, 1.54) is 0 Å². The Labute approximate surface area is 76.4 Å². The maximum Gasteiger partial charge on any atom is 0.422 e. The van der Waals surface area contributed by atoms with E-state index in [2.05, 4.69) is 0 Å². The molecule has 0 N–H and O–H groups in total. The highest BCUT2D eigenvalue weighted by Crippen LogP contribution is 2.33. The van der Waals surface area contributed by atoms with Crippen molar-refractivity contribution in [1.29, 1.82) is 0 Å². The van der Waals surface area contributed by atoms with Crippen LogP contribution >= 0.6 is 0 Å². The molecule has 0 saturated carbocycles. The fraction of sp³-hybridized carbons (Fsp3) is 0.111. The first-order valence-electron chi connectivity index (χ1n) is 3.39. The Morgan fingerprint density at radius 2 is 1.50 bits per heavy atom. The highest BCUT2D eigenvalue weighted by Gasteiger charge is 2.37. The molecule has 1 rings (SSSR count). The van der Waals surface area contributed by atoms with E-state index in [9.17, 15) is 22.0 Å². The van der Waals surface area contributed by atoms with E-state index >= 15 is 0 Å². The number of hydrogen-bond acceptors (Lipinski definition) is 0. The average molecular weight is 206 g/mol. The molecular weight excluding hydrogens is 203 g/mol. The summed E-state index contributed by atoms with van der Waals surface area (Å²) in [7, 11) is 0. The van der Waals surface area contributed by atoms with Crippen molar-refractivity contribution in [2.45, 2.75) is 6.18 Å². The zero-order chi connectivity index (χ0) is 10.9. The van der Waals surface area contributed by atoms with E-state index in [0.717, 1.165) is 0 Å². The average Bonchev–Trinajstić information content (AvgIpc) is 1.99. The second-order valence-corrected chi connectivity index (χ2v) is 2.46. The van der Waals surface area contributed by atoms with Gasteiger partial charge in [-0.3, -0.25) is 0 Å². The number of alkyl halides is 3. The van der Waals surface area contributed by atoms with Crippen molar-refractivity contribution in [3.63, 3.8) is 0 Å². The van der Waals surface area contributed by atoms with Gasteiger partial charge in [0.1, 0.15) is 17.2 Å². The fourth-order valence-electron chi connectivity index (χ4n) is 0.927. The summed E-state index contributed by atoms with van der Waals surface area (Å²) in [6.07, 6.45) is -0.272. The normalized spacial score (nSPS) is 11.1. The Hall–Kier alpha value is -1.57. The molecule has 0 bridgehead atoms. The first-order valence-corrected chi connectivity index (χ1v) is 3.39. The molecule has 0 aliphatic rings. The lowest BCUT2D eigenvalue weighted by atomic mass is 10.1. The van der Waals surface area contributed by atoms with Crippen molar-refractivity contribution in [3.05, 3.63) is 34.9 Å². The molecule has 1 aromatic rings. The molecule has 0 aliphatic heterocycles. The molecule has 0 radical (unpaired) electrons. The van der Waals surface area contributed by atoms with E-state index < -0.39 is 23.4 Å². The summed E-state index contributed by atoms with van der Waals surface area (Å²) in [5.74, 6) is -1.57. The predicted octanol–water partition coefficient (Wildman–Crippen LogP) is 2.96. The Bertz CT molecular complexity index is 374. The molecule has 0 aromatic heterocycles. The van der Waals surface area contributed by atoms with Crippen molar-refractivity contribution in [2.24, 2.45) is 0 Å². The monoisotopic (exact) mass is 206 g/mol. The van der Waals surface area contributed by atoms with Gasteiger partial charge in [-0.2, -0.15) is 13.2 Å². The minimum atomic E-state index is -5.05. The lowest BCUT2D eigenvalue weighted by Gasteiger charge is -2.08.